The van der Waals surface area contributed by atoms with E-state index in [0.717, 1.165) is 38.5 Å². The first-order chi connectivity index (χ1) is 14.9. The molecule has 0 saturated heterocycles. The van der Waals surface area contributed by atoms with Crippen LogP contribution in [0.15, 0.2) is 0 Å². The van der Waals surface area contributed by atoms with E-state index in [2.05, 4.69) is 48.5 Å². The molecule has 0 radical (unpaired) electrons. The fraction of sp³-hybridized carbons (Fsp3) is 1.00. The van der Waals surface area contributed by atoms with Gasteiger partial charge in [0.25, 0.3) is 0 Å². The Kier molecular flexibility index (Phi) is 20.3. The number of rotatable bonds is 23. The topological polar surface area (TPSA) is 36.9 Å². The number of unbranched alkanes of at least 4 members (excludes halogenated alkanes) is 7. The van der Waals surface area contributed by atoms with Gasteiger partial charge in [-0.1, -0.05) is 99.8 Å². The van der Waals surface area contributed by atoms with Gasteiger partial charge in [0.05, 0.1) is 19.8 Å². The first kappa shape index (κ1) is 30.8. The summed E-state index contributed by atoms with van der Waals surface area (Å²) in [4.78, 5) is 0. The van der Waals surface area contributed by atoms with Crippen molar-refractivity contribution in [2.45, 2.75) is 138 Å². The Morgan fingerprint density at radius 2 is 1.06 bits per heavy atom. The molecule has 0 amide bonds. The number of hydrogen-bond acceptors (Lipinski definition) is 4. The molecule has 2 atom stereocenters. The smallest absolute Gasteiger partial charge is 0.310 e. The monoisotopic (exact) mass is 444 g/mol. The molecule has 4 nitrogen and oxygen atoms in total. The number of hydrogen-bond donors (Lipinski definition) is 0. The van der Waals surface area contributed by atoms with Crippen LogP contribution in [0.1, 0.15) is 126 Å². The highest BCUT2D eigenvalue weighted by Crippen LogP contribution is 2.29. The minimum absolute atomic E-state index is 0.193. The van der Waals surface area contributed by atoms with E-state index in [4.69, 9.17) is 18.9 Å². The normalized spacial score (nSPS) is 15.0. The van der Waals surface area contributed by atoms with Crippen LogP contribution in [0.25, 0.3) is 0 Å². The fourth-order valence-electron chi connectivity index (χ4n) is 3.40. The molecular weight excluding hydrogens is 388 g/mol. The molecule has 0 saturated carbocycles. The van der Waals surface area contributed by atoms with Crippen LogP contribution in [-0.4, -0.2) is 38.5 Å². The Hall–Kier alpha value is -0.160. The maximum absolute atomic E-state index is 6.49. The van der Waals surface area contributed by atoms with Crippen molar-refractivity contribution in [3.8, 4) is 0 Å². The molecule has 0 fully saturated rings. The van der Waals surface area contributed by atoms with E-state index < -0.39 is 5.97 Å². The van der Waals surface area contributed by atoms with Gasteiger partial charge in [-0.05, 0) is 37.5 Å². The zero-order chi connectivity index (χ0) is 23.4. The molecule has 0 aromatic rings. The van der Waals surface area contributed by atoms with E-state index in [9.17, 15) is 0 Å². The summed E-state index contributed by atoms with van der Waals surface area (Å²) >= 11 is 0. The molecule has 0 heterocycles. The van der Waals surface area contributed by atoms with Gasteiger partial charge < -0.3 is 18.9 Å². The van der Waals surface area contributed by atoms with Crippen LogP contribution < -0.4 is 0 Å². The summed E-state index contributed by atoms with van der Waals surface area (Å²) in [6.45, 7) is 18.2. The summed E-state index contributed by atoms with van der Waals surface area (Å²) in [5.41, 5.74) is 0. The van der Waals surface area contributed by atoms with Crippen molar-refractivity contribution in [3.05, 3.63) is 0 Å². The Morgan fingerprint density at radius 1 is 0.548 bits per heavy atom. The predicted molar refractivity (Wildman–Crippen MR) is 132 cm³/mol. The Morgan fingerprint density at radius 3 is 1.61 bits per heavy atom. The first-order valence-corrected chi connectivity index (χ1v) is 13.4. The third-order valence-electron chi connectivity index (χ3n) is 5.45. The second kappa shape index (κ2) is 20.4. The molecule has 0 aliphatic rings. The largest absolute Gasteiger partial charge is 0.369 e. The summed E-state index contributed by atoms with van der Waals surface area (Å²) in [5.74, 6) is -0.0403. The van der Waals surface area contributed by atoms with Gasteiger partial charge >= 0.3 is 5.97 Å². The highest BCUT2D eigenvalue weighted by atomic mass is 16.9. The zero-order valence-corrected chi connectivity index (χ0v) is 22.2. The highest BCUT2D eigenvalue weighted by Gasteiger charge is 2.44. The van der Waals surface area contributed by atoms with Crippen molar-refractivity contribution in [2.75, 3.05) is 26.4 Å². The highest BCUT2D eigenvalue weighted by molar-refractivity contribution is 4.74. The average Bonchev–Trinajstić information content (AvgIpc) is 2.72. The lowest BCUT2D eigenvalue weighted by Gasteiger charge is -2.40. The molecule has 188 valence electrons. The van der Waals surface area contributed by atoms with E-state index in [-0.39, 0.29) is 6.10 Å². The molecule has 0 aromatic heterocycles. The predicted octanol–water partition coefficient (Wildman–Crippen LogP) is 8.13. The Bertz CT molecular complexity index is 372. The maximum atomic E-state index is 6.49. The minimum atomic E-state index is -1.09. The van der Waals surface area contributed by atoms with Crippen LogP contribution in [0, 0.1) is 11.8 Å². The minimum Gasteiger partial charge on any atom is -0.369 e. The molecule has 0 N–H and O–H groups in total. The molecule has 0 aromatic carbocycles. The fourth-order valence-corrected chi connectivity index (χ4v) is 3.40. The molecule has 2 unspecified atom stereocenters. The molecule has 0 rings (SSSR count). The van der Waals surface area contributed by atoms with E-state index in [1.54, 1.807) is 0 Å². The third-order valence-corrected chi connectivity index (χ3v) is 5.45. The number of ether oxygens (including phenoxy) is 4. The van der Waals surface area contributed by atoms with E-state index in [1.807, 2.05) is 0 Å². The summed E-state index contributed by atoms with van der Waals surface area (Å²) in [6.07, 6.45) is 13.2. The summed E-state index contributed by atoms with van der Waals surface area (Å²) in [5, 5.41) is 0. The summed E-state index contributed by atoms with van der Waals surface area (Å²) in [6, 6.07) is 0. The van der Waals surface area contributed by atoms with Gasteiger partial charge in [0.15, 0.2) is 0 Å². The summed E-state index contributed by atoms with van der Waals surface area (Å²) in [7, 11) is 0. The van der Waals surface area contributed by atoms with E-state index >= 15 is 0 Å². The van der Waals surface area contributed by atoms with Crippen LogP contribution in [-0.2, 0) is 18.9 Å². The van der Waals surface area contributed by atoms with Gasteiger partial charge in [-0.2, -0.15) is 0 Å². The molecule has 4 heteroatoms. The quantitative estimate of drug-likeness (QED) is 0.118. The van der Waals surface area contributed by atoms with Crippen LogP contribution in [0.2, 0.25) is 0 Å². The van der Waals surface area contributed by atoms with Gasteiger partial charge in [-0.25, -0.2) is 0 Å². The average molecular weight is 445 g/mol. The van der Waals surface area contributed by atoms with Crippen molar-refractivity contribution in [1.82, 2.24) is 0 Å². The first-order valence-electron chi connectivity index (χ1n) is 13.4. The third kappa shape index (κ3) is 16.2. The van der Waals surface area contributed by atoms with Crippen LogP contribution in [0.4, 0.5) is 0 Å². The van der Waals surface area contributed by atoms with Gasteiger partial charge in [0, 0.05) is 6.61 Å². The second-order valence-electron chi connectivity index (χ2n) is 9.81. The van der Waals surface area contributed by atoms with E-state index in [1.165, 1.54) is 38.5 Å². The lowest BCUT2D eigenvalue weighted by Crippen LogP contribution is -2.52. The van der Waals surface area contributed by atoms with Crippen molar-refractivity contribution in [1.29, 1.82) is 0 Å². The molecule has 0 spiro atoms. The summed E-state index contributed by atoms with van der Waals surface area (Å²) < 4.78 is 25.9. The lowest BCUT2D eigenvalue weighted by atomic mass is 10.1. The molecule has 0 aliphatic heterocycles. The molecular formula is C27H56O4. The lowest BCUT2D eigenvalue weighted by molar-refractivity contribution is -0.419. The van der Waals surface area contributed by atoms with Gasteiger partial charge in [0.2, 0.25) is 0 Å². The van der Waals surface area contributed by atoms with Gasteiger partial charge in [-0.15, -0.1) is 0 Å². The van der Waals surface area contributed by atoms with Crippen LogP contribution >= 0.6 is 0 Å². The van der Waals surface area contributed by atoms with Gasteiger partial charge in [0.1, 0.15) is 6.10 Å². The van der Waals surface area contributed by atoms with E-state index in [0.29, 0.717) is 38.3 Å². The maximum Gasteiger partial charge on any atom is 0.310 e. The van der Waals surface area contributed by atoms with Crippen molar-refractivity contribution < 1.29 is 18.9 Å². The molecule has 0 bridgehead atoms. The Labute approximate surface area is 195 Å². The van der Waals surface area contributed by atoms with Crippen molar-refractivity contribution in [3.63, 3.8) is 0 Å². The van der Waals surface area contributed by atoms with Crippen molar-refractivity contribution in [2.24, 2.45) is 11.8 Å². The Balaban J connectivity index is 5.49. The van der Waals surface area contributed by atoms with Crippen LogP contribution in [0.3, 0.4) is 0 Å². The molecule has 31 heavy (non-hydrogen) atoms. The standard InChI is InChI=1S/C27H56O4/c1-8-11-14-17-21-30-27(29-20-16-13-10-3,31-22-19-24(4)5)26(18-15-12-9-2)28-23-25(6)7/h24-26H,8-23H2,1-7H3. The second-order valence-corrected chi connectivity index (χ2v) is 9.81. The SMILES string of the molecule is CCCCCCOC(OCCCCC)(OCCC(C)C)C(CCCCC)OCC(C)C. The van der Waals surface area contributed by atoms with Crippen LogP contribution in [0.5, 0.6) is 0 Å². The zero-order valence-electron chi connectivity index (χ0n) is 22.2. The van der Waals surface area contributed by atoms with Gasteiger partial charge in [-0.3, -0.25) is 0 Å². The molecule has 0 aliphatic carbocycles. The van der Waals surface area contributed by atoms with Crippen molar-refractivity contribution >= 4 is 0 Å².